The first kappa shape index (κ1) is 9.85. The van der Waals surface area contributed by atoms with Gasteiger partial charge in [-0.2, -0.15) is 0 Å². The standard InChI is InChI=1S/C9H8N2O3S/c1-5-10-9-7(11(12)13)3-6(14-2)4-8(9)15-5/h3-4H,1-2H3. The van der Waals surface area contributed by atoms with Crippen LogP contribution in [0.2, 0.25) is 0 Å². The number of nitrogens with zero attached hydrogens (tertiary/aromatic N) is 2. The van der Waals surface area contributed by atoms with E-state index in [1.54, 1.807) is 6.07 Å². The molecule has 78 valence electrons. The Morgan fingerprint density at radius 1 is 1.53 bits per heavy atom. The molecule has 0 N–H and O–H groups in total. The van der Waals surface area contributed by atoms with Crippen LogP contribution >= 0.6 is 11.3 Å². The number of hydrogen-bond acceptors (Lipinski definition) is 5. The number of non-ortho nitro benzene ring substituents is 1. The molecule has 15 heavy (non-hydrogen) atoms. The van der Waals surface area contributed by atoms with Gasteiger partial charge in [0.25, 0.3) is 5.69 Å². The fourth-order valence-electron chi connectivity index (χ4n) is 1.36. The SMILES string of the molecule is COc1cc([N+](=O)[O-])c2nc(C)sc2c1. The monoisotopic (exact) mass is 224 g/mol. The molecule has 0 amide bonds. The molecule has 0 saturated carbocycles. The van der Waals surface area contributed by atoms with E-state index in [4.69, 9.17) is 4.74 Å². The van der Waals surface area contributed by atoms with Crippen molar-refractivity contribution in [3.8, 4) is 5.75 Å². The van der Waals surface area contributed by atoms with Gasteiger partial charge in [-0.05, 0) is 6.92 Å². The van der Waals surface area contributed by atoms with Crippen molar-refractivity contribution in [1.82, 2.24) is 4.98 Å². The molecule has 2 rings (SSSR count). The van der Waals surface area contributed by atoms with E-state index in [0.29, 0.717) is 11.3 Å². The van der Waals surface area contributed by atoms with Crippen molar-refractivity contribution < 1.29 is 9.66 Å². The van der Waals surface area contributed by atoms with Gasteiger partial charge in [0.15, 0.2) is 5.52 Å². The Hall–Kier alpha value is -1.69. The second-order valence-corrected chi connectivity index (χ2v) is 4.22. The topological polar surface area (TPSA) is 65.3 Å². The van der Waals surface area contributed by atoms with Crippen molar-refractivity contribution in [2.75, 3.05) is 7.11 Å². The number of aryl methyl sites for hydroxylation is 1. The normalized spacial score (nSPS) is 10.5. The molecule has 5 nitrogen and oxygen atoms in total. The van der Waals surface area contributed by atoms with Gasteiger partial charge in [0.2, 0.25) is 0 Å². The van der Waals surface area contributed by atoms with E-state index < -0.39 is 4.92 Å². The van der Waals surface area contributed by atoms with Crippen molar-refractivity contribution >= 4 is 27.2 Å². The molecular weight excluding hydrogens is 216 g/mol. The lowest BCUT2D eigenvalue weighted by Crippen LogP contribution is -1.91. The summed E-state index contributed by atoms with van der Waals surface area (Å²) < 4.78 is 5.77. The van der Waals surface area contributed by atoms with Crippen molar-refractivity contribution in [2.45, 2.75) is 6.92 Å². The highest BCUT2D eigenvalue weighted by Gasteiger charge is 2.17. The first-order valence-corrected chi connectivity index (χ1v) is 5.03. The molecule has 1 heterocycles. The molecule has 1 aromatic heterocycles. The Morgan fingerprint density at radius 3 is 2.87 bits per heavy atom. The van der Waals surface area contributed by atoms with E-state index in [1.807, 2.05) is 6.92 Å². The van der Waals surface area contributed by atoms with Crippen LogP contribution in [-0.4, -0.2) is 17.0 Å². The average Bonchev–Trinajstić information content (AvgIpc) is 2.55. The summed E-state index contributed by atoms with van der Waals surface area (Å²) in [6, 6.07) is 3.15. The van der Waals surface area contributed by atoms with E-state index in [9.17, 15) is 10.1 Å². The average molecular weight is 224 g/mol. The summed E-state index contributed by atoms with van der Waals surface area (Å²) in [4.78, 5) is 14.5. The third-order valence-corrected chi connectivity index (χ3v) is 2.91. The van der Waals surface area contributed by atoms with Gasteiger partial charge in [-0.1, -0.05) is 0 Å². The molecule has 0 unspecified atom stereocenters. The van der Waals surface area contributed by atoms with Crippen molar-refractivity contribution in [3.05, 3.63) is 27.3 Å². The smallest absolute Gasteiger partial charge is 0.300 e. The van der Waals surface area contributed by atoms with Gasteiger partial charge in [-0.15, -0.1) is 11.3 Å². The molecule has 0 saturated heterocycles. The van der Waals surface area contributed by atoms with Crippen molar-refractivity contribution in [1.29, 1.82) is 0 Å². The molecule has 0 aliphatic carbocycles. The molecule has 0 bridgehead atoms. The quantitative estimate of drug-likeness (QED) is 0.580. The predicted molar refractivity (Wildman–Crippen MR) is 57.6 cm³/mol. The molecular formula is C9H8N2O3S. The van der Waals surface area contributed by atoms with E-state index in [2.05, 4.69) is 4.98 Å². The number of thiazole rings is 1. The van der Waals surface area contributed by atoms with Crippen LogP contribution < -0.4 is 4.74 Å². The zero-order valence-corrected chi connectivity index (χ0v) is 9.00. The van der Waals surface area contributed by atoms with Crippen LogP contribution in [0.1, 0.15) is 5.01 Å². The summed E-state index contributed by atoms with van der Waals surface area (Å²) in [6.07, 6.45) is 0. The molecule has 0 spiro atoms. The van der Waals surface area contributed by atoms with Crippen LogP contribution in [0, 0.1) is 17.0 Å². The molecule has 0 aliphatic rings. The first-order valence-electron chi connectivity index (χ1n) is 4.21. The highest BCUT2D eigenvalue weighted by Crippen LogP contribution is 2.33. The van der Waals surface area contributed by atoms with Gasteiger partial charge in [-0.3, -0.25) is 10.1 Å². The molecule has 1 aromatic carbocycles. The summed E-state index contributed by atoms with van der Waals surface area (Å²) in [5.74, 6) is 0.484. The van der Waals surface area contributed by atoms with E-state index >= 15 is 0 Å². The summed E-state index contributed by atoms with van der Waals surface area (Å²) in [5, 5.41) is 11.6. The van der Waals surface area contributed by atoms with Crippen LogP contribution in [0.5, 0.6) is 5.75 Å². The fourth-order valence-corrected chi connectivity index (χ4v) is 2.23. The van der Waals surface area contributed by atoms with Gasteiger partial charge in [-0.25, -0.2) is 4.98 Å². The Bertz CT molecular complexity index is 535. The lowest BCUT2D eigenvalue weighted by atomic mass is 10.3. The summed E-state index contributed by atoms with van der Waals surface area (Å²) in [5.41, 5.74) is 0.428. The van der Waals surface area contributed by atoms with Gasteiger partial charge in [0, 0.05) is 6.07 Å². The molecule has 0 atom stereocenters. The number of fused-ring (bicyclic) bond motifs is 1. The summed E-state index contributed by atoms with van der Waals surface area (Å²) in [6.45, 7) is 1.82. The maximum Gasteiger partial charge on any atom is 0.300 e. The number of methoxy groups -OCH3 is 1. The van der Waals surface area contributed by atoms with E-state index in [1.165, 1.54) is 24.5 Å². The first-order chi connectivity index (χ1) is 7.11. The largest absolute Gasteiger partial charge is 0.496 e. The summed E-state index contributed by atoms with van der Waals surface area (Å²) >= 11 is 1.42. The second-order valence-electron chi connectivity index (χ2n) is 2.98. The maximum absolute atomic E-state index is 10.8. The molecule has 6 heteroatoms. The van der Waals surface area contributed by atoms with Crippen LogP contribution in [0.25, 0.3) is 10.2 Å². The third-order valence-electron chi connectivity index (χ3n) is 1.99. The zero-order valence-electron chi connectivity index (χ0n) is 8.18. The Kier molecular flexibility index (Phi) is 2.28. The number of rotatable bonds is 2. The highest BCUT2D eigenvalue weighted by molar-refractivity contribution is 7.18. The molecule has 0 radical (unpaired) electrons. The molecule has 2 aromatic rings. The lowest BCUT2D eigenvalue weighted by molar-refractivity contribution is -0.383. The van der Waals surface area contributed by atoms with Gasteiger partial charge in [0.05, 0.1) is 27.8 Å². The Labute approximate surface area is 89.5 Å². The second kappa shape index (κ2) is 3.47. The predicted octanol–water partition coefficient (Wildman–Crippen LogP) is 2.52. The van der Waals surface area contributed by atoms with Crippen molar-refractivity contribution in [3.63, 3.8) is 0 Å². The minimum Gasteiger partial charge on any atom is -0.496 e. The Balaban J connectivity index is 2.79. The number of hydrogen-bond donors (Lipinski definition) is 0. The van der Waals surface area contributed by atoms with E-state index in [-0.39, 0.29) is 5.69 Å². The maximum atomic E-state index is 10.8. The number of aromatic nitrogens is 1. The summed E-state index contributed by atoms with van der Waals surface area (Å²) in [7, 11) is 1.48. The number of ether oxygens (including phenoxy) is 1. The van der Waals surface area contributed by atoms with Crippen LogP contribution in [0.15, 0.2) is 12.1 Å². The highest BCUT2D eigenvalue weighted by atomic mass is 32.1. The van der Waals surface area contributed by atoms with E-state index in [0.717, 1.165) is 9.71 Å². The zero-order chi connectivity index (χ0) is 11.0. The molecule has 0 aliphatic heterocycles. The number of nitro benzene ring substituents is 1. The van der Waals surface area contributed by atoms with Crippen LogP contribution in [-0.2, 0) is 0 Å². The Morgan fingerprint density at radius 2 is 2.27 bits per heavy atom. The minimum atomic E-state index is -0.440. The van der Waals surface area contributed by atoms with Gasteiger partial charge in [0.1, 0.15) is 5.75 Å². The van der Waals surface area contributed by atoms with Crippen LogP contribution in [0.4, 0.5) is 5.69 Å². The minimum absolute atomic E-state index is 0.00583. The van der Waals surface area contributed by atoms with Gasteiger partial charge >= 0.3 is 0 Å². The fraction of sp³-hybridized carbons (Fsp3) is 0.222. The van der Waals surface area contributed by atoms with Gasteiger partial charge < -0.3 is 4.74 Å². The number of benzene rings is 1. The lowest BCUT2D eigenvalue weighted by Gasteiger charge is -1.99. The van der Waals surface area contributed by atoms with Crippen molar-refractivity contribution in [2.24, 2.45) is 0 Å². The third kappa shape index (κ3) is 1.63. The molecule has 0 fully saturated rings. The number of nitro groups is 1. The van der Waals surface area contributed by atoms with Crippen LogP contribution in [0.3, 0.4) is 0 Å².